The number of imide groups is 1. The van der Waals surface area contributed by atoms with Gasteiger partial charge in [-0.15, -0.1) is 0 Å². The van der Waals surface area contributed by atoms with Crippen LogP contribution in [-0.4, -0.2) is 46.5 Å². The molecule has 5 atom stereocenters. The van der Waals surface area contributed by atoms with Crippen LogP contribution in [0.5, 0.6) is 0 Å². The van der Waals surface area contributed by atoms with Crippen LogP contribution in [0.2, 0.25) is 0 Å². The standard InChI is InChI=1S/C27H24N2O4S/c1-34-11-10-21(29-26(32)22-14-6-7-15(12-14)23(22)27(29)33)25(31)28-16-8-9-18-17-4-2-3-5-19(17)24(30)20(18)13-16/h2-9,13-15,21-23H,10-12H2,1H3,(H,28,31). The van der Waals surface area contributed by atoms with Gasteiger partial charge in [-0.25, -0.2) is 0 Å². The van der Waals surface area contributed by atoms with Crippen LogP contribution in [0.15, 0.2) is 54.6 Å². The van der Waals surface area contributed by atoms with Crippen LogP contribution in [0.3, 0.4) is 0 Å². The number of hydrogen-bond acceptors (Lipinski definition) is 5. The number of anilines is 1. The van der Waals surface area contributed by atoms with Gasteiger partial charge >= 0.3 is 0 Å². The van der Waals surface area contributed by atoms with Gasteiger partial charge in [0.25, 0.3) is 0 Å². The Kier molecular flexibility index (Phi) is 4.99. The van der Waals surface area contributed by atoms with Crippen LogP contribution >= 0.6 is 11.8 Å². The van der Waals surface area contributed by atoms with E-state index in [2.05, 4.69) is 17.5 Å². The first kappa shape index (κ1) is 21.4. The fourth-order valence-electron chi connectivity index (χ4n) is 6.17. The number of thioether (sulfide) groups is 1. The first-order valence-corrected chi connectivity index (χ1v) is 13.0. The number of carbonyl (C=O) groups excluding carboxylic acids is 4. The lowest BCUT2D eigenvalue weighted by atomic mass is 9.85. The first-order chi connectivity index (χ1) is 16.5. The van der Waals surface area contributed by atoms with Crippen LogP contribution in [0.25, 0.3) is 11.1 Å². The molecule has 172 valence electrons. The number of nitrogens with one attached hydrogen (secondary N) is 1. The van der Waals surface area contributed by atoms with Crippen LogP contribution in [0.4, 0.5) is 5.69 Å². The van der Waals surface area contributed by atoms with Crippen molar-refractivity contribution >= 4 is 41.0 Å². The van der Waals surface area contributed by atoms with Gasteiger partial charge in [0.1, 0.15) is 6.04 Å². The molecule has 1 saturated heterocycles. The van der Waals surface area contributed by atoms with Crippen molar-refractivity contribution in [2.45, 2.75) is 18.9 Å². The Balaban J connectivity index is 1.26. The zero-order valence-electron chi connectivity index (χ0n) is 18.7. The molecule has 2 fully saturated rings. The van der Waals surface area contributed by atoms with E-state index in [9.17, 15) is 19.2 Å². The molecule has 3 aliphatic carbocycles. The van der Waals surface area contributed by atoms with Gasteiger partial charge in [-0.3, -0.25) is 24.1 Å². The molecule has 1 heterocycles. The van der Waals surface area contributed by atoms with Gasteiger partial charge in [0.2, 0.25) is 17.7 Å². The zero-order valence-corrected chi connectivity index (χ0v) is 19.5. The monoisotopic (exact) mass is 472 g/mol. The van der Waals surface area contributed by atoms with Crippen molar-refractivity contribution in [2.24, 2.45) is 23.7 Å². The summed E-state index contributed by atoms with van der Waals surface area (Å²) in [6.07, 6.45) is 7.29. The number of carbonyl (C=O) groups is 4. The topological polar surface area (TPSA) is 83.6 Å². The van der Waals surface area contributed by atoms with Gasteiger partial charge in [-0.05, 0) is 59.9 Å². The Bertz CT molecular complexity index is 1260. The average molecular weight is 473 g/mol. The molecular weight excluding hydrogens is 448 g/mol. The average Bonchev–Trinajstić information content (AvgIpc) is 3.58. The Morgan fingerprint density at radius 1 is 0.971 bits per heavy atom. The minimum atomic E-state index is -0.862. The number of hydrogen-bond donors (Lipinski definition) is 1. The van der Waals surface area contributed by atoms with E-state index < -0.39 is 6.04 Å². The van der Waals surface area contributed by atoms with Crippen LogP contribution < -0.4 is 5.32 Å². The van der Waals surface area contributed by atoms with E-state index in [1.54, 1.807) is 30.0 Å². The van der Waals surface area contributed by atoms with Crippen molar-refractivity contribution in [1.82, 2.24) is 4.90 Å². The maximum Gasteiger partial charge on any atom is 0.247 e. The number of benzene rings is 2. The normalized spacial score (nSPS) is 26.6. The third kappa shape index (κ3) is 3.03. The van der Waals surface area contributed by atoms with Gasteiger partial charge in [0.15, 0.2) is 5.78 Å². The fraction of sp³-hybridized carbons (Fsp3) is 0.333. The Labute approximate surface area is 201 Å². The highest BCUT2D eigenvalue weighted by molar-refractivity contribution is 7.98. The number of ketones is 1. The van der Waals surface area contributed by atoms with Gasteiger partial charge < -0.3 is 5.32 Å². The second kappa shape index (κ2) is 7.94. The number of fused-ring (bicyclic) bond motifs is 8. The Hall–Kier alpha value is -3.19. The van der Waals surface area contributed by atoms with Crippen LogP contribution in [0, 0.1) is 23.7 Å². The van der Waals surface area contributed by atoms with E-state index in [4.69, 9.17) is 0 Å². The molecule has 1 saturated carbocycles. The van der Waals surface area contributed by atoms with E-state index >= 15 is 0 Å². The summed E-state index contributed by atoms with van der Waals surface area (Å²) in [5.74, 6) is -0.699. The smallest absolute Gasteiger partial charge is 0.247 e. The largest absolute Gasteiger partial charge is 0.324 e. The molecule has 1 aliphatic heterocycles. The molecule has 6 nitrogen and oxygen atoms in total. The fourth-order valence-corrected chi connectivity index (χ4v) is 6.63. The molecule has 34 heavy (non-hydrogen) atoms. The first-order valence-electron chi connectivity index (χ1n) is 11.6. The number of amides is 3. The Morgan fingerprint density at radius 2 is 1.62 bits per heavy atom. The molecule has 0 spiro atoms. The maximum absolute atomic E-state index is 13.4. The third-order valence-electron chi connectivity index (χ3n) is 7.71. The molecule has 5 unspecified atom stereocenters. The molecule has 7 heteroatoms. The molecule has 3 amide bonds. The summed E-state index contributed by atoms with van der Waals surface area (Å²) in [7, 11) is 0. The lowest BCUT2D eigenvalue weighted by Gasteiger charge is -2.27. The predicted molar refractivity (Wildman–Crippen MR) is 130 cm³/mol. The zero-order chi connectivity index (χ0) is 23.6. The highest BCUT2D eigenvalue weighted by Gasteiger charge is 2.61. The maximum atomic E-state index is 13.4. The lowest BCUT2D eigenvalue weighted by molar-refractivity contribution is -0.147. The molecule has 2 bridgehead atoms. The quantitative estimate of drug-likeness (QED) is 0.436. The van der Waals surface area contributed by atoms with Crippen LogP contribution in [-0.2, 0) is 14.4 Å². The van der Waals surface area contributed by atoms with Gasteiger partial charge in [0.05, 0.1) is 11.8 Å². The van der Waals surface area contributed by atoms with Crippen LogP contribution in [0.1, 0.15) is 28.8 Å². The van der Waals surface area contributed by atoms with Crippen molar-refractivity contribution in [3.63, 3.8) is 0 Å². The second-order valence-corrected chi connectivity index (χ2v) is 10.5. The summed E-state index contributed by atoms with van der Waals surface area (Å²) in [5, 5.41) is 2.89. The molecule has 6 rings (SSSR count). The van der Waals surface area contributed by atoms with E-state index in [1.807, 2.05) is 30.5 Å². The highest BCUT2D eigenvalue weighted by atomic mass is 32.2. The molecule has 0 radical (unpaired) electrons. The summed E-state index contributed by atoms with van der Waals surface area (Å²) in [6, 6.07) is 11.9. The number of nitrogens with zero attached hydrogens (tertiary/aromatic N) is 1. The van der Waals surface area contributed by atoms with E-state index in [1.165, 1.54) is 4.90 Å². The summed E-state index contributed by atoms with van der Waals surface area (Å²) in [5.41, 5.74) is 3.42. The second-order valence-electron chi connectivity index (χ2n) is 9.47. The minimum absolute atomic E-state index is 0.0682. The number of allylic oxidation sites excluding steroid dienone is 2. The Morgan fingerprint density at radius 3 is 2.29 bits per heavy atom. The minimum Gasteiger partial charge on any atom is -0.324 e. The molecule has 4 aliphatic rings. The summed E-state index contributed by atoms with van der Waals surface area (Å²) in [6.45, 7) is 0. The SMILES string of the molecule is CSCCC(C(=O)Nc1ccc2c(c1)C(=O)c1ccccc1-2)N1C(=O)C2C3C=CC(C3)C2C1=O. The van der Waals surface area contributed by atoms with Gasteiger partial charge in [0, 0.05) is 16.8 Å². The number of likely N-dealkylation sites (tertiary alicyclic amines) is 1. The molecule has 2 aromatic rings. The summed E-state index contributed by atoms with van der Waals surface area (Å²) < 4.78 is 0. The van der Waals surface area contributed by atoms with Gasteiger partial charge in [-0.2, -0.15) is 11.8 Å². The van der Waals surface area contributed by atoms with E-state index in [0.29, 0.717) is 29.0 Å². The molecule has 2 aromatic carbocycles. The number of rotatable bonds is 6. The summed E-state index contributed by atoms with van der Waals surface area (Å²) in [4.78, 5) is 54.1. The highest BCUT2D eigenvalue weighted by Crippen LogP contribution is 2.53. The third-order valence-corrected chi connectivity index (χ3v) is 8.35. The van der Waals surface area contributed by atoms with Crippen molar-refractivity contribution in [2.75, 3.05) is 17.3 Å². The molecule has 0 aromatic heterocycles. The van der Waals surface area contributed by atoms with E-state index in [0.717, 1.165) is 17.5 Å². The van der Waals surface area contributed by atoms with Crippen molar-refractivity contribution < 1.29 is 19.2 Å². The van der Waals surface area contributed by atoms with E-state index in [-0.39, 0.29) is 47.2 Å². The van der Waals surface area contributed by atoms with Gasteiger partial charge in [-0.1, -0.05) is 42.5 Å². The molecule has 1 N–H and O–H groups in total. The molecular formula is C27H24N2O4S. The van der Waals surface area contributed by atoms with Crippen molar-refractivity contribution in [1.29, 1.82) is 0 Å². The lowest BCUT2D eigenvalue weighted by Crippen LogP contribution is -2.48. The predicted octanol–water partition coefficient (Wildman–Crippen LogP) is 3.77. The van der Waals surface area contributed by atoms with Crippen molar-refractivity contribution in [3.8, 4) is 11.1 Å². The van der Waals surface area contributed by atoms with Crippen molar-refractivity contribution in [3.05, 3.63) is 65.7 Å². The summed E-state index contributed by atoms with van der Waals surface area (Å²) >= 11 is 1.57.